The number of benzene rings is 2. The highest BCUT2D eigenvalue weighted by Gasteiger charge is 2.39. The van der Waals surface area contributed by atoms with Gasteiger partial charge in [0, 0.05) is 11.5 Å². The van der Waals surface area contributed by atoms with Crippen molar-refractivity contribution < 1.29 is 28.8 Å². The van der Waals surface area contributed by atoms with E-state index in [-0.39, 0.29) is 17.6 Å². The lowest BCUT2D eigenvalue weighted by molar-refractivity contribution is -0.135. The van der Waals surface area contributed by atoms with Crippen LogP contribution in [-0.2, 0) is 16.0 Å². The van der Waals surface area contributed by atoms with Crippen molar-refractivity contribution in [2.45, 2.75) is 6.42 Å². The van der Waals surface area contributed by atoms with Gasteiger partial charge in [0.15, 0.2) is 23.0 Å². The third-order valence-corrected chi connectivity index (χ3v) is 5.13. The molecular formula is C21H20O6. The van der Waals surface area contributed by atoms with Crippen LogP contribution in [0.3, 0.4) is 0 Å². The van der Waals surface area contributed by atoms with Crippen molar-refractivity contribution in [1.29, 1.82) is 0 Å². The molecule has 27 heavy (non-hydrogen) atoms. The highest BCUT2D eigenvalue weighted by atomic mass is 16.5. The highest BCUT2D eigenvalue weighted by molar-refractivity contribution is 6.05. The van der Waals surface area contributed by atoms with Gasteiger partial charge in [0.2, 0.25) is 0 Å². The molecule has 6 heteroatoms. The summed E-state index contributed by atoms with van der Waals surface area (Å²) < 4.78 is 21.5. The van der Waals surface area contributed by atoms with Crippen molar-refractivity contribution >= 4 is 11.5 Å². The summed E-state index contributed by atoms with van der Waals surface area (Å²) in [4.78, 5) is 12.5. The molecule has 4 rings (SSSR count). The van der Waals surface area contributed by atoms with Gasteiger partial charge in [0.05, 0.1) is 33.5 Å². The lowest BCUT2D eigenvalue weighted by Crippen LogP contribution is -2.17. The standard InChI is InChI=1S/C21H20O6/c1-24-16-7-11(4-5-15(16)22)19-14-9-18(26-3)17(25-2)8-12(14)6-13-10-27-21(23)20(13)19/h4-5,7-9,13,22H,6,10H2,1-3H3. The number of methoxy groups -OCH3 is 3. The van der Waals surface area contributed by atoms with Gasteiger partial charge < -0.3 is 24.1 Å². The number of esters is 1. The topological polar surface area (TPSA) is 74.2 Å². The van der Waals surface area contributed by atoms with Crippen molar-refractivity contribution in [3.05, 3.63) is 52.6 Å². The van der Waals surface area contributed by atoms with Gasteiger partial charge in [0.1, 0.15) is 0 Å². The lowest BCUT2D eigenvalue weighted by atomic mass is 9.77. The van der Waals surface area contributed by atoms with E-state index < -0.39 is 0 Å². The van der Waals surface area contributed by atoms with Crippen molar-refractivity contribution in [2.24, 2.45) is 5.92 Å². The van der Waals surface area contributed by atoms with E-state index in [4.69, 9.17) is 18.9 Å². The molecule has 0 spiro atoms. The Labute approximate surface area is 156 Å². The van der Waals surface area contributed by atoms with Crippen molar-refractivity contribution in [3.8, 4) is 23.0 Å². The number of fused-ring (bicyclic) bond motifs is 2. The molecule has 1 N–H and O–H groups in total. The van der Waals surface area contributed by atoms with Crippen molar-refractivity contribution in [3.63, 3.8) is 0 Å². The van der Waals surface area contributed by atoms with E-state index in [0.717, 1.165) is 22.3 Å². The average Bonchev–Trinajstić information content (AvgIpc) is 3.06. The molecule has 1 aliphatic heterocycles. The number of phenolic OH excluding ortho intramolecular Hbond substituents is 1. The Kier molecular flexibility index (Phi) is 4.18. The third-order valence-electron chi connectivity index (χ3n) is 5.13. The Morgan fingerprint density at radius 1 is 1.00 bits per heavy atom. The first-order chi connectivity index (χ1) is 13.1. The molecule has 1 saturated heterocycles. The van der Waals surface area contributed by atoms with Crippen LogP contribution in [0.15, 0.2) is 35.9 Å². The fourth-order valence-electron chi connectivity index (χ4n) is 3.85. The first kappa shape index (κ1) is 17.3. The Bertz CT molecular complexity index is 959. The number of rotatable bonds is 4. The first-order valence-corrected chi connectivity index (χ1v) is 8.61. The zero-order valence-electron chi connectivity index (χ0n) is 15.4. The minimum absolute atomic E-state index is 0.0158. The molecule has 1 heterocycles. The first-order valence-electron chi connectivity index (χ1n) is 8.61. The van der Waals surface area contributed by atoms with Gasteiger partial charge in [0.25, 0.3) is 0 Å². The minimum Gasteiger partial charge on any atom is -0.504 e. The van der Waals surface area contributed by atoms with Gasteiger partial charge in [-0.1, -0.05) is 6.07 Å². The van der Waals surface area contributed by atoms with Crippen molar-refractivity contribution in [1.82, 2.24) is 0 Å². The molecular weight excluding hydrogens is 348 g/mol. The van der Waals surface area contributed by atoms with Crippen LogP contribution >= 0.6 is 0 Å². The molecule has 2 aromatic rings. The van der Waals surface area contributed by atoms with E-state index in [1.807, 2.05) is 12.1 Å². The Hall–Kier alpha value is -3.15. The van der Waals surface area contributed by atoms with Crippen LogP contribution in [-0.4, -0.2) is 39.0 Å². The fourth-order valence-corrected chi connectivity index (χ4v) is 3.85. The molecule has 0 aromatic heterocycles. The van der Waals surface area contributed by atoms with Crippen LogP contribution in [0.2, 0.25) is 0 Å². The quantitative estimate of drug-likeness (QED) is 0.837. The molecule has 1 aliphatic carbocycles. The van der Waals surface area contributed by atoms with E-state index in [9.17, 15) is 9.90 Å². The Morgan fingerprint density at radius 2 is 1.70 bits per heavy atom. The molecule has 2 aromatic carbocycles. The molecule has 0 saturated carbocycles. The van der Waals surface area contributed by atoms with Crippen molar-refractivity contribution in [2.75, 3.05) is 27.9 Å². The molecule has 0 bridgehead atoms. The van der Waals surface area contributed by atoms with E-state index in [1.54, 1.807) is 32.4 Å². The van der Waals surface area contributed by atoms with Crippen LogP contribution in [0, 0.1) is 5.92 Å². The van der Waals surface area contributed by atoms with E-state index >= 15 is 0 Å². The SMILES string of the molecule is COc1cc(C2=C3C(=O)OCC3Cc3cc(OC)c(OC)cc32)ccc1O. The van der Waals surface area contributed by atoms with Gasteiger partial charge in [-0.2, -0.15) is 0 Å². The smallest absolute Gasteiger partial charge is 0.335 e. The molecule has 1 unspecified atom stereocenters. The summed E-state index contributed by atoms with van der Waals surface area (Å²) in [6, 6.07) is 8.90. The molecule has 0 radical (unpaired) electrons. The molecule has 140 valence electrons. The summed E-state index contributed by atoms with van der Waals surface area (Å²) in [5.41, 5.74) is 4.16. The Morgan fingerprint density at radius 3 is 2.41 bits per heavy atom. The second-order valence-corrected chi connectivity index (χ2v) is 6.54. The van der Waals surface area contributed by atoms with Crippen LogP contribution in [0.4, 0.5) is 0 Å². The summed E-state index contributed by atoms with van der Waals surface area (Å²) >= 11 is 0. The predicted molar refractivity (Wildman–Crippen MR) is 98.4 cm³/mol. The number of carbonyl (C=O) groups excluding carboxylic acids is 1. The van der Waals surface area contributed by atoms with Gasteiger partial charge in [-0.15, -0.1) is 0 Å². The predicted octanol–water partition coefficient (Wildman–Crippen LogP) is 2.95. The number of aromatic hydroxyl groups is 1. The number of hydrogen-bond donors (Lipinski definition) is 1. The Balaban J connectivity index is 1.99. The summed E-state index contributed by atoms with van der Waals surface area (Å²) in [7, 11) is 4.67. The van der Waals surface area contributed by atoms with E-state index in [0.29, 0.717) is 35.8 Å². The van der Waals surface area contributed by atoms with Crippen LogP contribution in [0.25, 0.3) is 5.57 Å². The van der Waals surface area contributed by atoms with Gasteiger partial charge in [-0.05, 0) is 47.4 Å². The monoisotopic (exact) mass is 368 g/mol. The fraction of sp³-hybridized carbons (Fsp3) is 0.286. The molecule has 2 aliphatic rings. The van der Waals surface area contributed by atoms with Crippen LogP contribution in [0.1, 0.15) is 16.7 Å². The van der Waals surface area contributed by atoms with Gasteiger partial charge >= 0.3 is 5.97 Å². The molecule has 1 atom stereocenters. The second kappa shape index (κ2) is 6.54. The largest absolute Gasteiger partial charge is 0.504 e. The molecule has 6 nitrogen and oxygen atoms in total. The summed E-state index contributed by atoms with van der Waals surface area (Å²) in [5, 5.41) is 9.95. The number of cyclic esters (lactones) is 1. The zero-order chi connectivity index (χ0) is 19.1. The van der Waals surface area contributed by atoms with Gasteiger partial charge in [-0.25, -0.2) is 4.79 Å². The number of hydrogen-bond acceptors (Lipinski definition) is 6. The van der Waals surface area contributed by atoms with Crippen LogP contribution < -0.4 is 14.2 Å². The maximum absolute atomic E-state index is 12.5. The average molecular weight is 368 g/mol. The van der Waals surface area contributed by atoms with E-state index in [1.165, 1.54) is 7.11 Å². The number of phenols is 1. The summed E-state index contributed by atoms with van der Waals surface area (Å²) in [6.45, 7) is 0.362. The lowest BCUT2D eigenvalue weighted by Gasteiger charge is -2.25. The normalized spacial score (nSPS) is 17.9. The molecule has 0 amide bonds. The molecule has 1 fully saturated rings. The third kappa shape index (κ3) is 2.68. The summed E-state index contributed by atoms with van der Waals surface area (Å²) in [6.07, 6.45) is 0.690. The number of carbonyl (C=O) groups is 1. The highest BCUT2D eigenvalue weighted by Crippen LogP contribution is 2.46. The van der Waals surface area contributed by atoms with E-state index in [2.05, 4.69) is 0 Å². The maximum Gasteiger partial charge on any atom is 0.335 e. The zero-order valence-corrected chi connectivity index (χ0v) is 15.4. The van der Waals surface area contributed by atoms with Crippen LogP contribution in [0.5, 0.6) is 23.0 Å². The second-order valence-electron chi connectivity index (χ2n) is 6.54. The van der Waals surface area contributed by atoms with Gasteiger partial charge in [-0.3, -0.25) is 0 Å². The minimum atomic E-state index is -0.303. The summed E-state index contributed by atoms with van der Waals surface area (Å²) in [5.74, 6) is 1.30. The maximum atomic E-state index is 12.5. The number of ether oxygens (including phenoxy) is 4.